The lowest BCUT2D eigenvalue weighted by atomic mass is 10.0. The van der Waals surface area contributed by atoms with Gasteiger partial charge < -0.3 is 38.3 Å². The standard InChI is InChI=1S/C19H36N6O6S/c1-10(2)15(18(29)23-12(19(30)31)5-3-4-8-20)25-17(28)13(9-32)24-16(27)11(21)6-7-14(22)26/h10-13,15,32H,3-9,20-21H2,1-2H3,(H2,22,26)(H,23,29)(H,24,27)(H,25,28)(H,30,31). The number of nitrogens with two attached hydrogens (primary N) is 3. The number of unbranched alkanes of at least 4 members (excludes halogenated alkanes) is 1. The molecule has 184 valence electrons. The van der Waals surface area contributed by atoms with Crippen molar-refractivity contribution in [2.45, 2.75) is 70.1 Å². The number of carbonyl (C=O) groups excluding carboxylic acids is 4. The van der Waals surface area contributed by atoms with Crippen molar-refractivity contribution in [2.24, 2.45) is 23.1 Å². The van der Waals surface area contributed by atoms with Gasteiger partial charge in [0.05, 0.1) is 6.04 Å². The van der Waals surface area contributed by atoms with Crippen LogP contribution in [-0.4, -0.2) is 71.2 Å². The fourth-order valence-corrected chi connectivity index (χ4v) is 2.96. The third kappa shape index (κ3) is 11.3. The second kappa shape index (κ2) is 15.4. The summed E-state index contributed by atoms with van der Waals surface area (Å²) in [5, 5.41) is 16.7. The molecular formula is C19H36N6O6S. The van der Waals surface area contributed by atoms with Gasteiger partial charge in [0.25, 0.3) is 0 Å². The number of carbonyl (C=O) groups is 5. The molecule has 0 aliphatic carbocycles. The Bertz CT molecular complexity index is 662. The van der Waals surface area contributed by atoms with Gasteiger partial charge in [0, 0.05) is 12.2 Å². The van der Waals surface area contributed by atoms with Crippen molar-refractivity contribution >= 4 is 42.2 Å². The van der Waals surface area contributed by atoms with E-state index in [2.05, 4.69) is 28.6 Å². The maximum absolute atomic E-state index is 12.7. The molecular weight excluding hydrogens is 440 g/mol. The smallest absolute Gasteiger partial charge is 0.326 e. The van der Waals surface area contributed by atoms with Crippen LogP contribution in [0.1, 0.15) is 46.0 Å². The summed E-state index contributed by atoms with van der Waals surface area (Å²) in [6.45, 7) is 3.78. The quantitative estimate of drug-likeness (QED) is 0.0902. The molecule has 10 N–H and O–H groups in total. The second-order valence-corrected chi connectivity index (χ2v) is 8.13. The Morgan fingerprint density at radius 3 is 1.97 bits per heavy atom. The molecule has 0 aromatic heterocycles. The predicted octanol–water partition coefficient (Wildman–Crippen LogP) is -2.17. The monoisotopic (exact) mass is 476 g/mol. The van der Waals surface area contributed by atoms with Gasteiger partial charge in [-0.15, -0.1) is 0 Å². The number of carboxylic acids is 1. The maximum Gasteiger partial charge on any atom is 0.326 e. The third-order valence-corrected chi connectivity index (χ3v) is 5.03. The van der Waals surface area contributed by atoms with Crippen LogP contribution in [0.2, 0.25) is 0 Å². The van der Waals surface area contributed by atoms with E-state index in [1.54, 1.807) is 13.8 Å². The average molecular weight is 477 g/mol. The zero-order valence-corrected chi connectivity index (χ0v) is 19.4. The van der Waals surface area contributed by atoms with Crippen molar-refractivity contribution in [1.82, 2.24) is 16.0 Å². The Hall–Kier alpha value is -2.38. The van der Waals surface area contributed by atoms with Gasteiger partial charge in [-0.2, -0.15) is 12.6 Å². The summed E-state index contributed by atoms with van der Waals surface area (Å²) in [7, 11) is 0. The van der Waals surface area contributed by atoms with Gasteiger partial charge in [0.1, 0.15) is 18.1 Å². The van der Waals surface area contributed by atoms with Crippen LogP contribution in [0, 0.1) is 5.92 Å². The predicted molar refractivity (Wildman–Crippen MR) is 121 cm³/mol. The third-order valence-electron chi connectivity index (χ3n) is 4.66. The largest absolute Gasteiger partial charge is 0.480 e. The van der Waals surface area contributed by atoms with E-state index in [0.29, 0.717) is 19.4 Å². The van der Waals surface area contributed by atoms with Crippen LogP contribution in [0.5, 0.6) is 0 Å². The van der Waals surface area contributed by atoms with Crippen molar-refractivity contribution in [3.05, 3.63) is 0 Å². The van der Waals surface area contributed by atoms with Crippen LogP contribution >= 0.6 is 12.6 Å². The van der Waals surface area contributed by atoms with Crippen molar-refractivity contribution in [2.75, 3.05) is 12.3 Å². The van der Waals surface area contributed by atoms with E-state index in [4.69, 9.17) is 17.2 Å². The number of rotatable bonds is 16. The first-order valence-corrected chi connectivity index (χ1v) is 11.1. The van der Waals surface area contributed by atoms with E-state index >= 15 is 0 Å². The Morgan fingerprint density at radius 2 is 1.50 bits per heavy atom. The number of aliphatic carboxylic acids is 1. The number of hydrogen-bond donors (Lipinski definition) is 8. The summed E-state index contributed by atoms with van der Waals surface area (Å²) in [5.74, 6) is -4.25. The van der Waals surface area contributed by atoms with Crippen LogP contribution in [-0.2, 0) is 24.0 Å². The molecule has 12 nitrogen and oxygen atoms in total. The van der Waals surface area contributed by atoms with Crippen molar-refractivity contribution in [3.63, 3.8) is 0 Å². The molecule has 4 atom stereocenters. The van der Waals surface area contributed by atoms with E-state index in [9.17, 15) is 29.1 Å². The van der Waals surface area contributed by atoms with Crippen molar-refractivity contribution in [1.29, 1.82) is 0 Å². The Labute approximate surface area is 193 Å². The normalized spacial score (nSPS) is 14.7. The molecule has 0 aliphatic rings. The zero-order chi connectivity index (χ0) is 24.8. The number of primary amides is 1. The first-order valence-electron chi connectivity index (χ1n) is 10.4. The van der Waals surface area contributed by atoms with Gasteiger partial charge in [0.2, 0.25) is 23.6 Å². The van der Waals surface area contributed by atoms with E-state index in [1.807, 2.05) is 0 Å². The van der Waals surface area contributed by atoms with Crippen LogP contribution in [0.25, 0.3) is 0 Å². The van der Waals surface area contributed by atoms with Gasteiger partial charge in [-0.3, -0.25) is 19.2 Å². The number of hydrogen-bond acceptors (Lipinski definition) is 8. The number of amides is 4. The minimum atomic E-state index is -1.19. The first-order chi connectivity index (χ1) is 14.9. The van der Waals surface area contributed by atoms with E-state index in [-0.39, 0.29) is 30.9 Å². The van der Waals surface area contributed by atoms with Crippen molar-refractivity contribution in [3.8, 4) is 0 Å². The number of carboxylic acid groups (broad SMARTS) is 1. The highest BCUT2D eigenvalue weighted by Gasteiger charge is 2.31. The van der Waals surface area contributed by atoms with Gasteiger partial charge >= 0.3 is 5.97 Å². The first kappa shape index (κ1) is 29.6. The van der Waals surface area contributed by atoms with Crippen LogP contribution in [0.4, 0.5) is 0 Å². The Morgan fingerprint density at radius 1 is 0.906 bits per heavy atom. The highest BCUT2D eigenvalue weighted by Crippen LogP contribution is 2.07. The number of thiol groups is 1. The fourth-order valence-electron chi connectivity index (χ4n) is 2.70. The minimum absolute atomic E-state index is 0.0137. The highest BCUT2D eigenvalue weighted by atomic mass is 32.1. The Balaban J connectivity index is 5.09. The number of nitrogens with one attached hydrogen (secondary N) is 3. The molecule has 0 aromatic carbocycles. The molecule has 0 spiro atoms. The molecule has 32 heavy (non-hydrogen) atoms. The molecule has 13 heteroatoms. The molecule has 0 aromatic rings. The lowest BCUT2D eigenvalue weighted by Gasteiger charge is -2.26. The molecule has 0 radical (unpaired) electrons. The summed E-state index contributed by atoms with van der Waals surface area (Å²) < 4.78 is 0. The molecule has 4 unspecified atom stereocenters. The van der Waals surface area contributed by atoms with Gasteiger partial charge in [-0.1, -0.05) is 13.8 Å². The molecule has 0 heterocycles. The molecule has 0 aliphatic heterocycles. The summed E-state index contributed by atoms with van der Waals surface area (Å²) in [4.78, 5) is 59.8. The maximum atomic E-state index is 12.7. The summed E-state index contributed by atoms with van der Waals surface area (Å²) in [6, 6.07) is -4.30. The zero-order valence-electron chi connectivity index (χ0n) is 18.5. The Kier molecular flexibility index (Phi) is 14.3. The fraction of sp³-hybridized carbons (Fsp3) is 0.737. The molecule has 0 saturated heterocycles. The lowest BCUT2D eigenvalue weighted by Crippen LogP contribution is -2.59. The van der Waals surface area contributed by atoms with Crippen LogP contribution in [0.3, 0.4) is 0 Å². The minimum Gasteiger partial charge on any atom is -0.480 e. The summed E-state index contributed by atoms with van der Waals surface area (Å²) in [6.07, 6.45) is 1.28. The molecule has 0 bridgehead atoms. The van der Waals surface area contributed by atoms with Gasteiger partial charge in [-0.25, -0.2) is 4.79 Å². The molecule has 0 fully saturated rings. The van der Waals surface area contributed by atoms with E-state index in [0.717, 1.165) is 0 Å². The lowest BCUT2D eigenvalue weighted by molar-refractivity contribution is -0.142. The molecule has 4 amide bonds. The van der Waals surface area contributed by atoms with Gasteiger partial charge in [-0.05, 0) is 38.1 Å². The van der Waals surface area contributed by atoms with Crippen LogP contribution in [0.15, 0.2) is 0 Å². The SMILES string of the molecule is CC(C)C(NC(=O)C(CS)NC(=O)C(N)CCC(N)=O)C(=O)NC(CCCCN)C(=O)O. The van der Waals surface area contributed by atoms with E-state index in [1.165, 1.54) is 0 Å². The van der Waals surface area contributed by atoms with E-state index < -0.39 is 53.8 Å². The molecule has 0 rings (SSSR count). The average Bonchev–Trinajstić information content (AvgIpc) is 2.72. The summed E-state index contributed by atoms with van der Waals surface area (Å²) >= 11 is 4.06. The highest BCUT2D eigenvalue weighted by molar-refractivity contribution is 7.80. The van der Waals surface area contributed by atoms with Crippen molar-refractivity contribution < 1.29 is 29.1 Å². The second-order valence-electron chi connectivity index (χ2n) is 7.77. The topological polar surface area (TPSA) is 220 Å². The summed E-state index contributed by atoms with van der Waals surface area (Å²) in [5.41, 5.74) is 16.1. The van der Waals surface area contributed by atoms with Crippen LogP contribution < -0.4 is 33.2 Å². The van der Waals surface area contributed by atoms with Gasteiger partial charge in [0.15, 0.2) is 0 Å². The molecule has 0 saturated carbocycles.